The molecule has 0 aliphatic carbocycles. The first-order valence-corrected chi connectivity index (χ1v) is 11.1. The summed E-state index contributed by atoms with van der Waals surface area (Å²) in [5, 5.41) is 20.0. The maximum Gasteiger partial charge on any atom is 0.193 e. The van der Waals surface area contributed by atoms with E-state index in [1.54, 1.807) is 12.1 Å². The van der Waals surface area contributed by atoms with Crippen LogP contribution in [-0.2, 0) is 13.1 Å². The first kappa shape index (κ1) is 24.3. The van der Waals surface area contributed by atoms with Crippen molar-refractivity contribution in [2.75, 3.05) is 26.2 Å². The normalized spacial score (nSPS) is 16.2. The standard InChI is InChI=1S/C26H34N2O4/c1-25(2,31)23(29)21-9-5-7-19(15-21)17-27-11-13-28(14-12-27)18-20-8-6-10-22(16-20)24(30)26(3,4)32/h5-10,15-16,31-32H,11-14,17-18H2,1-4H3. The molecule has 2 aromatic rings. The third-order valence-corrected chi connectivity index (χ3v) is 5.77. The van der Waals surface area contributed by atoms with Gasteiger partial charge in [0.2, 0.25) is 0 Å². The fourth-order valence-electron chi connectivity index (χ4n) is 3.95. The molecule has 32 heavy (non-hydrogen) atoms. The highest BCUT2D eigenvalue weighted by atomic mass is 16.3. The average molecular weight is 439 g/mol. The Morgan fingerprint density at radius 1 is 0.719 bits per heavy atom. The summed E-state index contributed by atoms with van der Waals surface area (Å²) in [7, 11) is 0. The van der Waals surface area contributed by atoms with Gasteiger partial charge in [0.1, 0.15) is 11.2 Å². The van der Waals surface area contributed by atoms with E-state index < -0.39 is 11.2 Å². The molecule has 0 amide bonds. The molecule has 0 aromatic heterocycles. The molecule has 1 fully saturated rings. The second-order valence-electron chi connectivity index (χ2n) is 9.73. The van der Waals surface area contributed by atoms with Crippen molar-refractivity contribution in [2.45, 2.75) is 52.0 Å². The molecule has 2 aromatic carbocycles. The molecule has 1 saturated heterocycles. The fraction of sp³-hybridized carbons (Fsp3) is 0.462. The molecule has 3 rings (SSSR count). The smallest absolute Gasteiger partial charge is 0.193 e. The van der Waals surface area contributed by atoms with Crippen LogP contribution in [0.3, 0.4) is 0 Å². The maximum atomic E-state index is 12.3. The summed E-state index contributed by atoms with van der Waals surface area (Å²) < 4.78 is 0. The average Bonchev–Trinajstić information content (AvgIpc) is 2.73. The summed E-state index contributed by atoms with van der Waals surface area (Å²) in [5.74, 6) is -0.538. The lowest BCUT2D eigenvalue weighted by Crippen LogP contribution is -2.45. The van der Waals surface area contributed by atoms with Gasteiger partial charge < -0.3 is 10.2 Å². The second-order valence-corrected chi connectivity index (χ2v) is 9.73. The van der Waals surface area contributed by atoms with Crippen molar-refractivity contribution < 1.29 is 19.8 Å². The van der Waals surface area contributed by atoms with Gasteiger partial charge in [0, 0.05) is 50.4 Å². The van der Waals surface area contributed by atoms with Crippen LogP contribution < -0.4 is 0 Å². The Hall–Kier alpha value is -2.38. The van der Waals surface area contributed by atoms with E-state index in [4.69, 9.17) is 0 Å². The van der Waals surface area contributed by atoms with Crippen LogP contribution >= 0.6 is 0 Å². The van der Waals surface area contributed by atoms with Gasteiger partial charge in [-0.05, 0) is 51.0 Å². The highest BCUT2D eigenvalue weighted by Crippen LogP contribution is 2.18. The van der Waals surface area contributed by atoms with Crippen LogP contribution in [0.25, 0.3) is 0 Å². The highest BCUT2D eigenvalue weighted by Gasteiger charge is 2.26. The zero-order valence-electron chi connectivity index (χ0n) is 19.5. The van der Waals surface area contributed by atoms with E-state index >= 15 is 0 Å². The summed E-state index contributed by atoms with van der Waals surface area (Å²) >= 11 is 0. The van der Waals surface area contributed by atoms with Gasteiger partial charge in [-0.2, -0.15) is 0 Å². The minimum absolute atomic E-state index is 0.269. The van der Waals surface area contributed by atoms with Crippen LogP contribution in [0.1, 0.15) is 59.5 Å². The number of piperazine rings is 1. The Kier molecular flexibility index (Phi) is 7.30. The Labute approximate surface area is 190 Å². The molecule has 1 aliphatic rings. The molecule has 6 heteroatoms. The number of aliphatic hydroxyl groups is 2. The van der Waals surface area contributed by atoms with Crippen LogP contribution in [-0.4, -0.2) is 69.0 Å². The van der Waals surface area contributed by atoms with Gasteiger partial charge in [-0.1, -0.05) is 36.4 Å². The zero-order valence-corrected chi connectivity index (χ0v) is 19.5. The molecule has 0 unspecified atom stereocenters. The molecule has 0 atom stereocenters. The molecule has 0 bridgehead atoms. The SMILES string of the molecule is CC(C)(O)C(=O)c1cccc(CN2CCN(Cc3cccc(C(=O)C(C)(C)O)c3)CC2)c1. The van der Waals surface area contributed by atoms with Gasteiger partial charge in [0.05, 0.1) is 0 Å². The van der Waals surface area contributed by atoms with Crippen molar-refractivity contribution in [3.8, 4) is 0 Å². The van der Waals surface area contributed by atoms with Gasteiger partial charge in [-0.25, -0.2) is 0 Å². The van der Waals surface area contributed by atoms with E-state index in [0.29, 0.717) is 11.1 Å². The lowest BCUT2D eigenvalue weighted by atomic mass is 9.95. The van der Waals surface area contributed by atoms with Gasteiger partial charge in [0.25, 0.3) is 0 Å². The molecular formula is C26H34N2O4. The summed E-state index contributed by atoms with van der Waals surface area (Å²) in [5.41, 5.74) is 0.444. The molecule has 0 radical (unpaired) electrons. The molecule has 1 heterocycles. The van der Waals surface area contributed by atoms with E-state index in [1.807, 2.05) is 36.4 Å². The van der Waals surface area contributed by atoms with Crippen molar-refractivity contribution >= 4 is 11.6 Å². The number of benzene rings is 2. The first-order chi connectivity index (χ1) is 14.9. The van der Waals surface area contributed by atoms with Crippen LogP contribution in [0, 0.1) is 0 Å². The van der Waals surface area contributed by atoms with Crippen LogP contribution in [0.5, 0.6) is 0 Å². The van der Waals surface area contributed by atoms with E-state index in [-0.39, 0.29) is 11.6 Å². The van der Waals surface area contributed by atoms with Crippen LogP contribution in [0.4, 0.5) is 0 Å². The maximum absolute atomic E-state index is 12.3. The fourth-order valence-corrected chi connectivity index (χ4v) is 3.95. The van der Waals surface area contributed by atoms with Crippen molar-refractivity contribution in [1.29, 1.82) is 0 Å². The van der Waals surface area contributed by atoms with Crippen molar-refractivity contribution in [3.05, 3.63) is 70.8 Å². The number of carbonyl (C=O) groups is 2. The minimum Gasteiger partial charge on any atom is -0.382 e. The Morgan fingerprint density at radius 2 is 1.06 bits per heavy atom. The molecular weight excluding hydrogens is 404 g/mol. The molecule has 172 valence electrons. The zero-order chi connectivity index (χ0) is 23.5. The molecule has 0 saturated carbocycles. The lowest BCUT2D eigenvalue weighted by Gasteiger charge is -2.35. The van der Waals surface area contributed by atoms with E-state index in [9.17, 15) is 19.8 Å². The monoisotopic (exact) mass is 438 g/mol. The van der Waals surface area contributed by atoms with Crippen LogP contribution in [0.2, 0.25) is 0 Å². The van der Waals surface area contributed by atoms with Gasteiger partial charge in [-0.15, -0.1) is 0 Å². The number of ketones is 2. The number of rotatable bonds is 8. The first-order valence-electron chi connectivity index (χ1n) is 11.1. The Morgan fingerprint density at radius 3 is 1.38 bits per heavy atom. The molecule has 2 N–H and O–H groups in total. The van der Waals surface area contributed by atoms with Gasteiger partial charge in [-0.3, -0.25) is 19.4 Å². The molecule has 6 nitrogen and oxygen atoms in total. The topological polar surface area (TPSA) is 81.1 Å². The number of hydrogen-bond acceptors (Lipinski definition) is 6. The van der Waals surface area contributed by atoms with E-state index in [0.717, 1.165) is 50.4 Å². The van der Waals surface area contributed by atoms with Crippen molar-refractivity contribution in [1.82, 2.24) is 9.80 Å². The van der Waals surface area contributed by atoms with Gasteiger partial charge in [0.15, 0.2) is 11.6 Å². The number of Topliss-reactive ketones (excluding diaryl/α,β-unsaturated/α-hetero) is 2. The largest absolute Gasteiger partial charge is 0.382 e. The number of carbonyl (C=O) groups excluding carboxylic acids is 2. The number of hydrogen-bond donors (Lipinski definition) is 2. The van der Waals surface area contributed by atoms with E-state index in [1.165, 1.54) is 27.7 Å². The van der Waals surface area contributed by atoms with Crippen molar-refractivity contribution in [3.63, 3.8) is 0 Å². The third kappa shape index (κ3) is 6.33. The molecule has 0 spiro atoms. The predicted octanol–water partition coefficient (Wildman–Crippen LogP) is 2.91. The number of nitrogens with zero attached hydrogens (tertiary/aromatic N) is 2. The quantitative estimate of drug-likeness (QED) is 0.617. The van der Waals surface area contributed by atoms with E-state index in [2.05, 4.69) is 9.80 Å². The Balaban J connectivity index is 1.55. The second kappa shape index (κ2) is 9.63. The van der Waals surface area contributed by atoms with Gasteiger partial charge >= 0.3 is 0 Å². The predicted molar refractivity (Wildman–Crippen MR) is 125 cm³/mol. The summed E-state index contributed by atoms with van der Waals surface area (Å²) in [6.07, 6.45) is 0. The Bertz CT molecular complexity index is 885. The molecule has 1 aliphatic heterocycles. The van der Waals surface area contributed by atoms with Crippen LogP contribution in [0.15, 0.2) is 48.5 Å². The minimum atomic E-state index is -1.38. The third-order valence-electron chi connectivity index (χ3n) is 5.77. The summed E-state index contributed by atoms with van der Waals surface area (Å²) in [6, 6.07) is 15.0. The lowest BCUT2D eigenvalue weighted by molar-refractivity contribution is 0.0487. The summed E-state index contributed by atoms with van der Waals surface area (Å²) in [6.45, 7) is 11.2. The highest BCUT2D eigenvalue weighted by molar-refractivity contribution is 6.02. The summed E-state index contributed by atoms with van der Waals surface area (Å²) in [4.78, 5) is 29.4. The van der Waals surface area contributed by atoms with Crippen molar-refractivity contribution in [2.24, 2.45) is 0 Å².